The Labute approximate surface area is 216 Å². The second-order valence-corrected chi connectivity index (χ2v) is 10.7. The van der Waals surface area contributed by atoms with Crippen LogP contribution in [0.4, 0.5) is 23.2 Å². The molecule has 2 fully saturated rings. The van der Waals surface area contributed by atoms with Crippen molar-refractivity contribution < 1.29 is 32.6 Å². The molecule has 1 unspecified atom stereocenters. The number of aliphatic hydroxyl groups excluding tert-OH is 1. The van der Waals surface area contributed by atoms with E-state index in [2.05, 4.69) is 5.32 Å². The maximum Gasteiger partial charge on any atom is 0.419 e. The minimum atomic E-state index is -4.78. The maximum absolute atomic E-state index is 14.9. The van der Waals surface area contributed by atoms with Gasteiger partial charge in [-0.3, -0.25) is 5.32 Å². The lowest BCUT2D eigenvalue weighted by molar-refractivity contribution is -0.140. The molecule has 6 rings (SSSR count). The molecule has 5 nitrogen and oxygen atoms in total. The van der Waals surface area contributed by atoms with E-state index in [1.807, 2.05) is 17.0 Å². The van der Waals surface area contributed by atoms with Crippen molar-refractivity contribution in [3.8, 4) is 0 Å². The van der Waals surface area contributed by atoms with E-state index >= 15 is 0 Å². The van der Waals surface area contributed by atoms with Crippen LogP contribution in [-0.4, -0.2) is 22.7 Å². The molecule has 1 aliphatic heterocycles. The highest BCUT2D eigenvalue weighted by Crippen LogP contribution is 2.58. The zero-order chi connectivity index (χ0) is 26.9. The van der Waals surface area contributed by atoms with E-state index in [0.29, 0.717) is 12.1 Å². The number of carbonyl (C=O) groups is 1. The van der Waals surface area contributed by atoms with Gasteiger partial charge in [-0.05, 0) is 55.0 Å². The number of anilines is 1. The van der Waals surface area contributed by atoms with Crippen molar-refractivity contribution in [3.63, 3.8) is 0 Å². The van der Waals surface area contributed by atoms with Gasteiger partial charge in [-0.25, -0.2) is 9.18 Å². The number of rotatable bonds is 7. The second-order valence-electron chi connectivity index (χ2n) is 10.7. The Bertz CT molecular complexity index is 1410. The normalized spacial score (nSPS) is 19.3. The van der Waals surface area contributed by atoms with Crippen LogP contribution in [0.15, 0.2) is 60.7 Å². The van der Waals surface area contributed by atoms with E-state index < -0.39 is 35.3 Å². The average Bonchev–Trinajstić information content (AvgIpc) is 3.80. The Hall–Kier alpha value is -3.43. The van der Waals surface area contributed by atoms with Crippen molar-refractivity contribution in [1.82, 2.24) is 5.32 Å². The lowest BCUT2D eigenvalue weighted by atomic mass is 9.95. The number of hydrogen-bond acceptors (Lipinski definition) is 4. The summed E-state index contributed by atoms with van der Waals surface area (Å²) < 4.78 is 54.9. The SMILES string of the molecule is O=C(O)c1ccc(C2(NC(O)c3cccc4c3N(Cc3cccc(C(F)(F)F)c3F)CC43CC3)CC2)cc1. The first-order chi connectivity index (χ1) is 18.0. The molecule has 0 aromatic heterocycles. The number of halogens is 4. The molecule has 1 heterocycles. The van der Waals surface area contributed by atoms with Crippen LogP contribution in [0.5, 0.6) is 0 Å². The Morgan fingerprint density at radius 1 is 1.00 bits per heavy atom. The third-order valence-corrected chi connectivity index (χ3v) is 8.19. The van der Waals surface area contributed by atoms with Crippen molar-refractivity contribution >= 4 is 11.7 Å². The van der Waals surface area contributed by atoms with Crippen LogP contribution < -0.4 is 10.2 Å². The van der Waals surface area contributed by atoms with Crippen LogP contribution in [-0.2, 0) is 23.7 Å². The molecule has 0 saturated heterocycles. The highest BCUT2D eigenvalue weighted by atomic mass is 19.4. The van der Waals surface area contributed by atoms with Gasteiger partial charge >= 0.3 is 12.1 Å². The van der Waals surface area contributed by atoms with Gasteiger partial charge in [0.25, 0.3) is 0 Å². The van der Waals surface area contributed by atoms with Crippen molar-refractivity contribution in [2.24, 2.45) is 0 Å². The molecule has 1 atom stereocenters. The van der Waals surface area contributed by atoms with Crippen molar-refractivity contribution in [1.29, 1.82) is 0 Å². The first kappa shape index (κ1) is 24.9. The molecule has 3 aromatic rings. The van der Waals surface area contributed by atoms with Gasteiger partial charge < -0.3 is 15.1 Å². The summed E-state index contributed by atoms with van der Waals surface area (Å²) in [4.78, 5) is 13.1. The van der Waals surface area contributed by atoms with Crippen LogP contribution in [0.25, 0.3) is 0 Å². The third-order valence-electron chi connectivity index (χ3n) is 8.19. The molecule has 3 N–H and O–H groups in total. The lowest BCUT2D eigenvalue weighted by Crippen LogP contribution is -2.34. The first-order valence-electron chi connectivity index (χ1n) is 12.6. The zero-order valence-electron chi connectivity index (χ0n) is 20.4. The molecule has 3 aromatic carbocycles. The van der Waals surface area contributed by atoms with E-state index in [1.54, 1.807) is 18.2 Å². The van der Waals surface area contributed by atoms with E-state index in [9.17, 15) is 32.6 Å². The molecular weight excluding hydrogens is 500 g/mol. The summed E-state index contributed by atoms with van der Waals surface area (Å²) in [6, 6.07) is 15.5. The Morgan fingerprint density at radius 3 is 2.29 bits per heavy atom. The Kier molecular flexibility index (Phi) is 5.59. The van der Waals surface area contributed by atoms with Crippen LogP contribution in [0.2, 0.25) is 0 Å². The number of carboxylic acid groups (broad SMARTS) is 1. The number of aliphatic hydroxyl groups is 1. The number of hydrogen-bond donors (Lipinski definition) is 3. The number of nitrogens with zero attached hydrogens (tertiary/aromatic N) is 1. The number of aromatic carboxylic acids is 1. The molecule has 0 radical (unpaired) electrons. The quantitative estimate of drug-likeness (QED) is 0.266. The van der Waals surface area contributed by atoms with Crippen LogP contribution in [0.1, 0.15) is 70.1 Å². The fourth-order valence-electron chi connectivity index (χ4n) is 5.84. The van der Waals surface area contributed by atoms with Gasteiger partial charge in [-0.15, -0.1) is 0 Å². The van der Waals surface area contributed by atoms with Gasteiger partial charge in [0.15, 0.2) is 0 Å². The fourth-order valence-corrected chi connectivity index (χ4v) is 5.84. The minimum Gasteiger partial charge on any atom is -0.478 e. The van der Waals surface area contributed by atoms with E-state index in [1.165, 1.54) is 24.3 Å². The van der Waals surface area contributed by atoms with E-state index in [-0.39, 0.29) is 23.1 Å². The zero-order valence-corrected chi connectivity index (χ0v) is 20.4. The summed E-state index contributed by atoms with van der Waals surface area (Å²) >= 11 is 0. The summed E-state index contributed by atoms with van der Waals surface area (Å²) in [5.41, 5.74) is 1.44. The standard InChI is InChI=1S/C29H26F4N2O3/c30-23-18(3-1-5-21(23)29(31,32)33)15-35-16-27(11-12-27)22-6-2-4-20(24(22)35)25(36)34-28(13-14-28)19-9-7-17(8-10-19)26(37)38/h1-10,25,34,36H,11-16H2,(H,37,38). The number of carboxylic acids is 1. The molecular formula is C29H26F4N2O3. The predicted molar refractivity (Wildman–Crippen MR) is 132 cm³/mol. The minimum absolute atomic E-state index is 0.0436. The monoisotopic (exact) mass is 526 g/mol. The largest absolute Gasteiger partial charge is 0.478 e. The molecule has 38 heavy (non-hydrogen) atoms. The number of fused-ring (bicyclic) bond motifs is 2. The molecule has 198 valence electrons. The van der Waals surface area contributed by atoms with Gasteiger partial charge in [0.05, 0.1) is 11.1 Å². The Balaban J connectivity index is 1.31. The highest BCUT2D eigenvalue weighted by molar-refractivity contribution is 5.87. The highest BCUT2D eigenvalue weighted by Gasteiger charge is 2.53. The van der Waals surface area contributed by atoms with E-state index in [0.717, 1.165) is 48.6 Å². The van der Waals surface area contributed by atoms with Gasteiger partial charge in [-0.1, -0.05) is 42.5 Å². The molecule has 3 aliphatic rings. The van der Waals surface area contributed by atoms with E-state index in [4.69, 9.17) is 0 Å². The van der Waals surface area contributed by atoms with Crippen molar-refractivity contribution in [2.45, 2.75) is 55.6 Å². The van der Waals surface area contributed by atoms with Gasteiger partial charge in [0.2, 0.25) is 0 Å². The van der Waals surface area contributed by atoms with Crippen molar-refractivity contribution in [2.75, 3.05) is 11.4 Å². The second kappa shape index (κ2) is 8.54. The summed E-state index contributed by atoms with van der Waals surface area (Å²) in [6.07, 6.45) is -2.51. The summed E-state index contributed by atoms with van der Waals surface area (Å²) in [5.74, 6) is -2.28. The van der Waals surface area contributed by atoms with Gasteiger partial charge in [-0.2, -0.15) is 13.2 Å². The topological polar surface area (TPSA) is 72.8 Å². The molecule has 2 saturated carbocycles. The van der Waals surface area contributed by atoms with Crippen LogP contribution in [0.3, 0.4) is 0 Å². The maximum atomic E-state index is 14.9. The molecule has 1 spiro atoms. The number of benzene rings is 3. The van der Waals surface area contributed by atoms with Gasteiger partial charge in [0, 0.05) is 40.9 Å². The average molecular weight is 527 g/mol. The molecule has 0 bridgehead atoms. The number of para-hydroxylation sites is 1. The molecule has 9 heteroatoms. The smallest absolute Gasteiger partial charge is 0.419 e. The predicted octanol–water partition coefficient (Wildman–Crippen LogP) is 5.86. The number of alkyl halides is 3. The lowest BCUT2D eigenvalue weighted by Gasteiger charge is -2.28. The summed E-state index contributed by atoms with van der Waals surface area (Å²) in [7, 11) is 0. The van der Waals surface area contributed by atoms with Gasteiger partial charge in [0.1, 0.15) is 12.0 Å². The van der Waals surface area contributed by atoms with Crippen LogP contribution in [0, 0.1) is 5.82 Å². The molecule has 0 amide bonds. The Morgan fingerprint density at radius 2 is 1.68 bits per heavy atom. The first-order valence-corrected chi connectivity index (χ1v) is 12.6. The summed E-state index contributed by atoms with van der Waals surface area (Å²) in [6.45, 7) is 0.500. The molecule has 2 aliphatic carbocycles. The summed E-state index contributed by atoms with van der Waals surface area (Å²) in [5, 5.41) is 23.9. The van der Waals surface area contributed by atoms with Crippen molar-refractivity contribution in [3.05, 3.63) is 99.9 Å². The third kappa shape index (κ3) is 4.14. The van der Waals surface area contributed by atoms with Crippen LogP contribution >= 0.6 is 0 Å². The fraction of sp³-hybridized carbons (Fsp3) is 0.345. The number of nitrogens with one attached hydrogen (secondary N) is 1.